The Morgan fingerprint density at radius 2 is 1.57 bits per heavy atom. The third kappa shape index (κ3) is 4.64. The third-order valence-electron chi connectivity index (χ3n) is 11.0. The van der Waals surface area contributed by atoms with Crippen LogP contribution in [0.4, 0.5) is 17.1 Å². The lowest BCUT2D eigenvalue weighted by atomic mass is 9.49. The van der Waals surface area contributed by atoms with Gasteiger partial charge in [-0.2, -0.15) is 0 Å². The molecular formula is C39H30ClN3O8. The number of hydrogen-bond acceptors (Lipinski definition) is 8. The second kappa shape index (κ2) is 11.9. The van der Waals surface area contributed by atoms with Crippen LogP contribution >= 0.6 is 11.6 Å². The Hall–Kier alpha value is -5.81. The van der Waals surface area contributed by atoms with Gasteiger partial charge in [0.2, 0.25) is 23.6 Å². The molecule has 11 nitrogen and oxygen atoms in total. The summed E-state index contributed by atoms with van der Waals surface area (Å²) in [4.78, 5) is 71.9. The summed E-state index contributed by atoms with van der Waals surface area (Å²) < 4.78 is 5.81. The molecule has 3 fully saturated rings. The Labute approximate surface area is 296 Å². The first-order chi connectivity index (χ1) is 24.6. The third-order valence-corrected chi connectivity index (χ3v) is 11.2. The molecule has 2 aliphatic carbocycles. The number of halogens is 1. The summed E-state index contributed by atoms with van der Waals surface area (Å²) in [6.07, 6.45) is 2.15. The molecule has 51 heavy (non-hydrogen) atoms. The van der Waals surface area contributed by atoms with Gasteiger partial charge in [0.25, 0.3) is 5.69 Å². The van der Waals surface area contributed by atoms with Crippen LogP contribution in [-0.4, -0.2) is 40.8 Å². The highest BCUT2D eigenvalue weighted by Gasteiger charge is 2.70. The number of carbonyl (C=O) groups is 4. The number of nitro benzene ring substituents is 1. The molecule has 2 saturated heterocycles. The molecule has 0 bridgehead atoms. The number of ether oxygens (including phenoxy) is 1. The van der Waals surface area contributed by atoms with Crippen LogP contribution in [0.15, 0.2) is 109 Å². The second-order valence-electron chi connectivity index (χ2n) is 13.3. The molecule has 0 radical (unpaired) electrons. The number of imide groups is 2. The lowest BCUT2D eigenvalue weighted by Gasteiger charge is -2.51. The number of nitro groups is 1. The summed E-state index contributed by atoms with van der Waals surface area (Å²) in [7, 11) is 1.45. The summed E-state index contributed by atoms with van der Waals surface area (Å²) in [6.45, 7) is 0. The predicted octanol–water partition coefficient (Wildman–Crippen LogP) is 6.33. The van der Waals surface area contributed by atoms with E-state index in [1.54, 1.807) is 42.5 Å². The highest BCUT2D eigenvalue weighted by molar-refractivity contribution is 6.32. The van der Waals surface area contributed by atoms with E-state index in [2.05, 4.69) is 0 Å². The normalized spacial score (nSPS) is 26.8. The van der Waals surface area contributed by atoms with Crippen molar-refractivity contribution in [2.45, 2.75) is 24.2 Å². The maximum absolute atomic E-state index is 15.3. The molecule has 256 valence electrons. The Kier molecular flexibility index (Phi) is 7.57. The quantitative estimate of drug-likeness (QED) is 0.106. The predicted molar refractivity (Wildman–Crippen MR) is 186 cm³/mol. The summed E-state index contributed by atoms with van der Waals surface area (Å²) >= 11 is 6.37. The van der Waals surface area contributed by atoms with E-state index in [0.717, 1.165) is 4.90 Å². The standard InChI is InChI=1S/C39H30ClN3O8/c1-51-32-19-26(44)13-14-28(32)34-27-15-16-29-33(37(47)41(35(29)45)24-11-6-12-25(18-24)43(49)50)30(27)20-31-36(46)42(23-10-5-9-22(40)17-23)38(48)39(31,34)21-7-3-2-4-8-21/h2-15,17-19,29-31,33-34,44H,16,20H2,1H3. The molecule has 0 aromatic heterocycles. The van der Waals surface area contributed by atoms with E-state index < -0.39 is 63.6 Å². The van der Waals surface area contributed by atoms with E-state index in [1.807, 2.05) is 24.3 Å². The minimum atomic E-state index is -1.52. The molecule has 1 saturated carbocycles. The van der Waals surface area contributed by atoms with Crippen molar-refractivity contribution in [3.63, 3.8) is 0 Å². The number of methoxy groups -OCH3 is 1. The van der Waals surface area contributed by atoms with E-state index in [4.69, 9.17) is 16.3 Å². The van der Waals surface area contributed by atoms with Gasteiger partial charge in [-0.3, -0.25) is 29.3 Å². The fraction of sp³-hybridized carbons (Fsp3) is 0.231. The number of fused-ring (bicyclic) bond motifs is 4. The molecule has 8 rings (SSSR count). The van der Waals surface area contributed by atoms with E-state index >= 15 is 4.79 Å². The molecular weight excluding hydrogens is 674 g/mol. The highest BCUT2D eigenvalue weighted by Crippen LogP contribution is 2.65. The lowest BCUT2D eigenvalue weighted by molar-refractivity contribution is -0.384. The summed E-state index contributed by atoms with van der Waals surface area (Å²) in [5.74, 6) is -5.93. The van der Waals surface area contributed by atoms with Crippen molar-refractivity contribution in [1.29, 1.82) is 0 Å². The summed E-state index contributed by atoms with van der Waals surface area (Å²) in [5.41, 5.74) is 0.439. The minimum Gasteiger partial charge on any atom is -0.508 e. The Morgan fingerprint density at radius 1 is 0.843 bits per heavy atom. The van der Waals surface area contributed by atoms with Crippen molar-refractivity contribution in [1.82, 2.24) is 0 Å². The fourth-order valence-corrected chi connectivity index (χ4v) is 9.21. The molecule has 12 heteroatoms. The topological polar surface area (TPSA) is 147 Å². The maximum atomic E-state index is 15.3. The van der Waals surface area contributed by atoms with E-state index in [0.29, 0.717) is 27.4 Å². The zero-order chi connectivity index (χ0) is 35.8. The van der Waals surface area contributed by atoms with Crippen LogP contribution < -0.4 is 14.5 Å². The number of phenolic OH excluding ortho intramolecular Hbond substituents is 1. The van der Waals surface area contributed by atoms with Gasteiger partial charge in [-0.25, -0.2) is 9.80 Å². The average molecular weight is 704 g/mol. The number of non-ortho nitro benzene ring substituents is 1. The number of hydrogen-bond donors (Lipinski definition) is 1. The number of amides is 4. The number of carbonyl (C=O) groups excluding carboxylic acids is 4. The van der Waals surface area contributed by atoms with Crippen molar-refractivity contribution in [3.05, 3.63) is 135 Å². The van der Waals surface area contributed by atoms with Crippen molar-refractivity contribution >= 4 is 52.3 Å². The van der Waals surface area contributed by atoms with E-state index in [1.165, 1.54) is 48.4 Å². The molecule has 2 aliphatic heterocycles. The molecule has 4 aromatic carbocycles. The van der Waals surface area contributed by atoms with Crippen LogP contribution in [0.3, 0.4) is 0 Å². The highest BCUT2D eigenvalue weighted by atomic mass is 35.5. The number of benzene rings is 4. The molecule has 2 heterocycles. The van der Waals surface area contributed by atoms with Crippen LogP contribution in [0.25, 0.3) is 0 Å². The number of aromatic hydroxyl groups is 1. The van der Waals surface area contributed by atoms with Gasteiger partial charge >= 0.3 is 0 Å². The van der Waals surface area contributed by atoms with Gasteiger partial charge < -0.3 is 9.84 Å². The minimum absolute atomic E-state index is 0.0653. The molecule has 6 unspecified atom stereocenters. The van der Waals surface area contributed by atoms with Crippen molar-refractivity contribution in [3.8, 4) is 11.5 Å². The van der Waals surface area contributed by atoms with Crippen LogP contribution in [0.2, 0.25) is 5.02 Å². The van der Waals surface area contributed by atoms with Crippen LogP contribution in [0.5, 0.6) is 11.5 Å². The molecule has 1 N–H and O–H groups in total. The first kappa shape index (κ1) is 32.4. The van der Waals surface area contributed by atoms with Crippen LogP contribution in [0.1, 0.15) is 29.9 Å². The smallest absolute Gasteiger partial charge is 0.271 e. The van der Waals surface area contributed by atoms with Gasteiger partial charge in [-0.1, -0.05) is 71.8 Å². The molecule has 4 aromatic rings. The molecule has 0 spiro atoms. The summed E-state index contributed by atoms with van der Waals surface area (Å²) in [5, 5.41) is 22.4. The van der Waals surface area contributed by atoms with E-state index in [9.17, 15) is 29.6 Å². The molecule has 4 aliphatic rings. The van der Waals surface area contributed by atoms with Crippen LogP contribution in [0, 0.1) is 33.8 Å². The van der Waals surface area contributed by atoms with Gasteiger partial charge in [0, 0.05) is 34.7 Å². The number of phenols is 1. The van der Waals surface area contributed by atoms with Gasteiger partial charge in [0.05, 0.1) is 46.6 Å². The first-order valence-electron chi connectivity index (χ1n) is 16.5. The SMILES string of the molecule is COc1cc(O)ccc1C1C2=CCC3C(=O)N(c4cccc([N+](=O)[O-])c4)C(=O)C3C2CC2C(=O)N(c3cccc(Cl)c3)C(=O)C21c1ccccc1. The lowest BCUT2D eigenvalue weighted by Crippen LogP contribution is -2.53. The number of anilines is 2. The zero-order valence-electron chi connectivity index (χ0n) is 27.1. The number of nitrogens with zero attached hydrogens (tertiary/aromatic N) is 3. The van der Waals surface area contributed by atoms with Gasteiger partial charge in [-0.15, -0.1) is 0 Å². The van der Waals surface area contributed by atoms with Gasteiger partial charge in [0.15, 0.2) is 0 Å². The second-order valence-corrected chi connectivity index (χ2v) is 13.7. The van der Waals surface area contributed by atoms with Crippen molar-refractivity contribution in [2.24, 2.45) is 23.7 Å². The summed E-state index contributed by atoms with van der Waals surface area (Å²) in [6, 6.07) is 25.6. The monoisotopic (exact) mass is 703 g/mol. The Bertz CT molecular complexity index is 2210. The molecule has 4 amide bonds. The number of rotatable bonds is 6. The van der Waals surface area contributed by atoms with E-state index in [-0.39, 0.29) is 35.7 Å². The van der Waals surface area contributed by atoms with Crippen molar-refractivity contribution < 1.29 is 33.9 Å². The van der Waals surface area contributed by atoms with Gasteiger partial charge in [-0.05, 0) is 54.7 Å². The Morgan fingerprint density at radius 3 is 2.27 bits per heavy atom. The first-order valence-corrected chi connectivity index (χ1v) is 16.8. The van der Waals surface area contributed by atoms with Gasteiger partial charge in [0.1, 0.15) is 11.5 Å². The zero-order valence-corrected chi connectivity index (χ0v) is 27.9. The molecule has 6 atom stereocenters. The fourth-order valence-electron chi connectivity index (χ4n) is 9.03. The Balaban J connectivity index is 1.35. The maximum Gasteiger partial charge on any atom is 0.271 e. The number of allylic oxidation sites excluding steroid dienone is 2. The van der Waals surface area contributed by atoms with Crippen LogP contribution in [-0.2, 0) is 24.6 Å². The average Bonchev–Trinajstić information content (AvgIpc) is 3.52. The van der Waals surface area contributed by atoms with Crippen molar-refractivity contribution in [2.75, 3.05) is 16.9 Å². The largest absolute Gasteiger partial charge is 0.508 e.